The van der Waals surface area contributed by atoms with Gasteiger partial charge in [0.2, 0.25) is 17.7 Å². The van der Waals surface area contributed by atoms with Gasteiger partial charge in [0, 0.05) is 90.8 Å². The minimum absolute atomic E-state index is 0.0337. The molecule has 5 heterocycles. The third-order valence-electron chi connectivity index (χ3n) is 10.3. The van der Waals surface area contributed by atoms with E-state index in [4.69, 9.17) is 37.7 Å². The van der Waals surface area contributed by atoms with E-state index in [0.717, 1.165) is 42.6 Å². The topological polar surface area (TPSA) is 156 Å². The number of likely N-dealkylation sites (tertiary alicyclic amines) is 1. The predicted molar refractivity (Wildman–Crippen MR) is 221 cm³/mol. The van der Waals surface area contributed by atoms with Crippen molar-refractivity contribution >= 4 is 46.9 Å². The third-order valence-corrected chi connectivity index (χ3v) is 11.1. The molecule has 2 aliphatic heterocycles. The first-order chi connectivity index (χ1) is 27.8. The molecule has 2 aromatic carbocycles. The predicted octanol–water partition coefficient (Wildman–Crippen LogP) is 6.95. The zero-order valence-electron chi connectivity index (χ0n) is 33.2. The molecule has 0 radical (unpaired) electrons. The van der Waals surface area contributed by atoms with Crippen LogP contribution in [0.25, 0.3) is 39.3 Å². The van der Waals surface area contributed by atoms with Crippen LogP contribution in [-0.4, -0.2) is 96.7 Å². The third kappa shape index (κ3) is 9.35. The number of nitrogens with zero attached hydrogens (tertiary/aromatic N) is 7. The van der Waals surface area contributed by atoms with Crippen LogP contribution in [0.1, 0.15) is 64.8 Å². The van der Waals surface area contributed by atoms with E-state index in [0.29, 0.717) is 69.3 Å². The number of carbonyl (C=O) groups excluding carboxylic acids is 3. The second-order valence-electron chi connectivity index (χ2n) is 15.6. The highest BCUT2D eigenvalue weighted by atomic mass is 35.5. The highest BCUT2D eigenvalue weighted by Crippen LogP contribution is 2.42. The number of halogens is 2. The first-order valence-electron chi connectivity index (χ1n) is 19.4. The Balaban J connectivity index is 1.10. The van der Waals surface area contributed by atoms with Crippen molar-refractivity contribution in [3.8, 4) is 39.4 Å². The number of rotatable bonds is 11. The summed E-state index contributed by atoms with van der Waals surface area (Å²) in [5, 5.41) is 12.1. The molecule has 2 aliphatic rings. The van der Waals surface area contributed by atoms with E-state index in [9.17, 15) is 14.4 Å². The fourth-order valence-corrected chi connectivity index (χ4v) is 7.97. The van der Waals surface area contributed by atoms with Gasteiger partial charge in [0.15, 0.2) is 5.82 Å². The molecule has 14 nitrogen and oxygen atoms in total. The van der Waals surface area contributed by atoms with Crippen LogP contribution in [0.2, 0.25) is 10.0 Å². The molecule has 304 valence electrons. The lowest BCUT2D eigenvalue weighted by molar-refractivity contribution is -0.130. The van der Waals surface area contributed by atoms with Gasteiger partial charge in [-0.25, -0.2) is 19.3 Å². The van der Waals surface area contributed by atoms with Crippen LogP contribution in [0, 0.1) is 0 Å². The van der Waals surface area contributed by atoms with Gasteiger partial charge in [-0.3, -0.25) is 9.59 Å². The zero-order valence-corrected chi connectivity index (χ0v) is 34.7. The first kappa shape index (κ1) is 40.9. The minimum atomic E-state index is -0.702. The molecule has 0 saturated carbocycles. The van der Waals surface area contributed by atoms with Crippen LogP contribution >= 0.6 is 23.2 Å². The molecule has 58 heavy (non-hydrogen) atoms. The maximum absolute atomic E-state index is 13.3. The minimum Gasteiger partial charge on any atom is -0.481 e. The number of carbonyl (C=O) groups is 3. The van der Waals surface area contributed by atoms with Gasteiger partial charge in [0.05, 0.1) is 35.9 Å². The van der Waals surface area contributed by atoms with Crippen molar-refractivity contribution in [2.24, 2.45) is 0 Å². The van der Waals surface area contributed by atoms with Gasteiger partial charge in [0.25, 0.3) is 5.78 Å². The average Bonchev–Trinajstić information content (AvgIpc) is 3.81. The van der Waals surface area contributed by atoms with Gasteiger partial charge in [-0.15, -0.1) is 5.10 Å². The Bertz CT molecular complexity index is 2340. The van der Waals surface area contributed by atoms with E-state index in [-0.39, 0.29) is 37.0 Å². The summed E-state index contributed by atoms with van der Waals surface area (Å²) in [7, 11) is 1.53. The molecule has 2 fully saturated rings. The molecule has 3 aromatic heterocycles. The van der Waals surface area contributed by atoms with E-state index in [1.807, 2.05) is 80.4 Å². The number of methoxy groups -OCH3 is 1. The van der Waals surface area contributed by atoms with Crippen molar-refractivity contribution in [1.82, 2.24) is 45.0 Å². The van der Waals surface area contributed by atoms with Crippen molar-refractivity contribution in [3.63, 3.8) is 0 Å². The van der Waals surface area contributed by atoms with Gasteiger partial charge in [-0.05, 0) is 52.2 Å². The van der Waals surface area contributed by atoms with Gasteiger partial charge in [-0.2, -0.15) is 4.98 Å². The summed E-state index contributed by atoms with van der Waals surface area (Å²) in [4.78, 5) is 54.4. The summed E-state index contributed by atoms with van der Waals surface area (Å²) in [5.41, 5.74) is 4.13. The van der Waals surface area contributed by atoms with Crippen molar-refractivity contribution < 1.29 is 23.9 Å². The average molecular weight is 829 g/mol. The maximum Gasteiger partial charge on any atom is 0.410 e. The van der Waals surface area contributed by atoms with Crippen molar-refractivity contribution in [1.29, 1.82) is 0 Å². The summed E-state index contributed by atoms with van der Waals surface area (Å²) in [6.45, 7) is 9.46. The van der Waals surface area contributed by atoms with Crippen LogP contribution in [0.3, 0.4) is 0 Å². The van der Waals surface area contributed by atoms with Crippen molar-refractivity contribution in [2.75, 3.05) is 26.7 Å². The van der Waals surface area contributed by atoms with Crippen molar-refractivity contribution in [2.45, 2.75) is 84.2 Å². The molecule has 5 aromatic rings. The van der Waals surface area contributed by atoms with Gasteiger partial charge >= 0.3 is 6.09 Å². The fraction of sp³-hybridized carbons (Fsp3) is 0.405. The van der Waals surface area contributed by atoms with Crippen LogP contribution in [0.4, 0.5) is 4.79 Å². The Labute approximate surface area is 347 Å². The number of hydrogen-bond donors (Lipinski definition) is 2. The lowest BCUT2D eigenvalue weighted by atomic mass is 9.97. The Hall–Kier alpha value is -5.31. The number of amides is 3. The Morgan fingerprint density at radius 1 is 0.966 bits per heavy atom. The number of ether oxygens (including phenoxy) is 2. The van der Waals surface area contributed by atoms with E-state index < -0.39 is 11.7 Å². The van der Waals surface area contributed by atoms with E-state index in [2.05, 4.69) is 25.7 Å². The molecular weight excluding hydrogens is 781 g/mol. The largest absolute Gasteiger partial charge is 0.481 e. The summed E-state index contributed by atoms with van der Waals surface area (Å²) in [6.07, 6.45) is 5.91. The highest BCUT2D eigenvalue weighted by molar-refractivity contribution is 6.39. The lowest BCUT2D eigenvalue weighted by Gasteiger charge is -2.31. The molecule has 16 heteroatoms. The number of aromatic nitrogens is 5. The lowest BCUT2D eigenvalue weighted by Crippen LogP contribution is -2.44. The van der Waals surface area contributed by atoms with Crippen molar-refractivity contribution in [3.05, 3.63) is 82.4 Å². The number of fused-ring (bicyclic) bond motifs is 1. The van der Waals surface area contributed by atoms with E-state index >= 15 is 0 Å². The molecule has 2 saturated heterocycles. The Morgan fingerprint density at radius 2 is 1.66 bits per heavy atom. The molecule has 3 amide bonds. The zero-order chi connectivity index (χ0) is 41.1. The fourth-order valence-electron chi connectivity index (χ4n) is 7.31. The second-order valence-corrected chi connectivity index (χ2v) is 16.4. The van der Waals surface area contributed by atoms with Gasteiger partial charge < -0.3 is 29.9 Å². The smallest absolute Gasteiger partial charge is 0.410 e. The number of benzene rings is 2. The SMILES string of the molecule is COc1nc(-c2cccc(-c3cccc(-c4cnc5nc(CNC6CCN(C(C)=O)CC6)nn5c4)c3Cl)c2Cl)ccc1CN(C[C@@H]1CCC(=O)N1)C(=O)OC(C)(C)C. The molecule has 2 N–H and O–H groups in total. The number of pyridine rings is 1. The van der Waals surface area contributed by atoms with Gasteiger partial charge in [-0.1, -0.05) is 59.6 Å². The molecule has 0 aliphatic carbocycles. The molecule has 0 bridgehead atoms. The normalized spacial score (nSPS) is 16.1. The van der Waals surface area contributed by atoms with Crippen LogP contribution in [0.5, 0.6) is 5.88 Å². The van der Waals surface area contributed by atoms with E-state index in [1.165, 1.54) is 7.11 Å². The molecular formula is C42H47Cl2N9O5. The van der Waals surface area contributed by atoms with Crippen LogP contribution in [0.15, 0.2) is 60.9 Å². The molecule has 1 atom stereocenters. The van der Waals surface area contributed by atoms with Gasteiger partial charge in [0.1, 0.15) is 5.60 Å². The summed E-state index contributed by atoms with van der Waals surface area (Å²) in [6, 6.07) is 15.2. The Morgan fingerprint density at radius 3 is 2.31 bits per heavy atom. The number of nitrogens with one attached hydrogen (secondary N) is 2. The standard InChI is InChI=1S/C42H47Cl2N9O5/c1-25(54)51-18-16-28(17-19-51)45-21-35-49-40-46-20-27(23-53(40)50-35)30-8-6-9-31(37(30)43)32-10-7-11-33(38(32)44)34-14-12-26(39(48-34)57-5)22-52(41(56)58-42(2,3)4)24-29-13-15-36(55)47-29/h6-12,14,20,23,28-29,45H,13,15-19,21-22,24H2,1-5H3,(H,47,55)/t29-/m0/s1. The number of piperidine rings is 1. The Kier molecular flexibility index (Phi) is 12.2. The number of hydrogen-bond acceptors (Lipinski definition) is 10. The first-order valence-corrected chi connectivity index (χ1v) is 20.1. The van der Waals surface area contributed by atoms with Crippen LogP contribution < -0.4 is 15.4 Å². The summed E-state index contributed by atoms with van der Waals surface area (Å²) >= 11 is 14.3. The summed E-state index contributed by atoms with van der Waals surface area (Å²) < 4.78 is 13.1. The maximum atomic E-state index is 13.3. The molecule has 0 unspecified atom stereocenters. The molecule has 0 spiro atoms. The highest BCUT2D eigenvalue weighted by Gasteiger charge is 2.30. The van der Waals surface area contributed by atoms with Crippen LogP contribution in [-0.2, 0) is 27.4 Å². The van der Waals surface area contributed by atoms with E-state index in [1.54, 1.807) is 22.5 Å². The molecule has 7 rings (SSSR count). The quantitative estimate of drug-likeness (QED) is 0.143. The second kappa shape index (κ2) is 17.3. The monoisotopic (exact) mass is 827 g/mol. The summed E-state index contributed by atoms with van der Waals surface area (Å²) in [5.74, 6) is 1.51.